The number of thioether (sulfide) groups is 1. The number of benzene rings is 1. The number of nitrogens with zero attached hydrogens (tertiary/aromatic N) is 1. The maximum Gasteiger partial charge on any atom is 0.150 e. The summed E-state index contributed by atoms with van der Waals surface area (Å²) in [6.07, 6.45) is 3.86. The number of hydrogen-bond donors (Lipinski definition) is 0. The van der Waals surface area contributed by atoms with E-state index in [2.05, 4.69) is 6.07 Å². The van der Waals surface area contributed by atoms with E-state index in [1.54, 1.807) is 17.8 Å². The molecule has 1 aliphatic rings. The summed E-state index contributed by atoms with van der Waals surface area (Å²) < 4.78 is 0. The highest BCUT2D eigenvalue weighted by molar-refractivity contribution is 7.99. The minimum Gasteiger partial charge on any atom is -0.298 e. The molecule has 0 aliphatic heterocycles. The molecule has 3 heteroatoms. The average Bonchev–Trinajstić information content (AvgIpc) is 3.08. The van der Waals surface area contributed by atoms with Gasteiger partial charge in [-0.1, -0.05) is 12.1 Å². The van der Waals surface area contributed by atoms with Gasteiger partial charge in [0.25, 0.3) is 0 Å². The summed E-state index contributed by atoms with van der Waals surface area (Å²) >= 11 is 1.75. The Balaban J connectivity index is 1.95. The van der Waals surface area contributed by atoms with Gasteiger partial charge in [0, 0.05) is 22.6 Å². The highest BCUT2D eigenvalue weighted by atomic mass is 32.2. The molecule has 2 nitrogen and oxygen atoms in total. The third-order valence-electron chi connectivity index (χ3n) is 2.95. The van der Waals surface area contributed by atoms with Crippen molar-refractivity contribution >= 4 is 18.0 Å². The van der Waals surface area contributed by atoms with Crippen LogP contribution in [0.3, 0.4) is 0 Å². The fourth-order valence-electron chi connectivity index (χ4n) is 1.63. The van der Waals surface area contributed by atoms with Crippen LogP contribution in [0.2, 0.25) is 0 Å². The zero-order chi connectivity index (χ0) is 11.4. The Morgan fingerprint density at radius 3 is 2.94 bits per heavy atom. The molecule has 0 heterocycles. The monoisotopic (exact) mass is 231 g/mol. The smallest absolute Gasteiger partial charge is 0.150 e. The molecule has 0 unspecified atom stereocenters. The fourth-order valence-corrected chi connectivity index (χ4v) is 2.89. The number of nitriles is 1. The zero-order valence-electron chi connectivity index (χ0n) is 8.98. The minimum atomic E-state index is 0.261. The summed E-state index contributed by atoms with van der Waals surface area (Å²) in [6, 6.07) is 9.88. The molecule has 82 valence electrons. The first-order valence-corrected chi connectivity index (χ1v) is 6.32. The Labute approximate surface area is 99.7 Å². The van der Waals surface area contributed by atoms with Gasteiger partial charge in [-0.25, -0.2) is 0 Å². The first kappa shape index (κ1) is 11.2. The van der Waals surface area contributed by atoms with Gasteiger partial charge in [0.2, 0.25) is 0 Å². The highest BCUT2D eigenvalue weighted by Gasteiger charge is 2.42. The number of hydrogen-bond acceptors (Lipinski definition) is 3. The molecule has 16 heavy (non-hydrogen) atoms. The summed E-state index contributed by atoms with van der Waals surface area (Å²) in [5, 5.41) is 8.72. The molecule has 0 saturated heterocycles. The maximum absolute atomic E-state index is 10.6. The second kappa shape index (κ2) is 4.71. The molecule has 1 aliphatic carbocycles. The van der Waals surface area contributed by atoms with Crippen LogP contribution in [0.1, 0.15) is 29.6 Å². The molecule has 0 aromatic heterocycles. The molecular weight excluding hydrogens is 218 g/mol. The number of carbonyl (C=O) groups is 1. The Morgan fingerprint density at radius 2 is 2.31 bits per heavy atom. The van der Waals surface area contributed by atoms with E-state index < -0.39 is 0 Å². The van der Waals surface area contributed by atoms with Crippen LogP contribution in [0.5, 0.6) is 0 Å². The van der Waals surface area contributed by atoms with Gasteiger partial charge in [-0.2, -0.15) is 5.26 Å². The standard InChI is InChI=1S/C13H13NOS/c14-7-6-13(4-5-13)10-16-12-3-1-2-11(8-12)9-15/h1-3,8-9H,4-6,10H2. The van der Waals surface area contributed by atoms with Gasteiger partial charge < -0.3 is 0 Å². The summed E-state index contributed by atoms with van der Waals surface area (Å²) in [5.74, 6) is 0.989. The van der Waals surface area contributed by atoms with Crippen LogP contribution in [-0.2, 0) is 0 Å². The molecule has 0 radical (unpaired) electrons. The summed E-state index contributed by atoms with van der Waals surface area (Å²) in [4.78, 5) is 11.7. The lowest BCUT2D eigenvalue weighted by atomic mass is 10.1. The molecule has 0 spiro atoms. The Kier molecular flexibility index (Phi) is 3.31. The van der Waals surface area contributed by atoms with Crippen molar-refractivity contribution in [1.29, 1.82) is 5.26 Å². The molecular formula is C13H13NOS. The lowest BCUT2D eigenvalue weighted by Gasteiger charge is -2.09. The van der Waals surface area contributed by atoms with Crippen LogP contribution in [0.25, 0.3) is 0 Å². The average molecular weight is 231 g/mol. The molecule has 1 saturated carbocycles. The molecule has 0 amide bonds. The largest absolute Gasteiger partial charge is 0.298 e. The number of aldehydes is 1. The van der Waals surface area contributed by atoms with E-state index in [4.69, 9.17) is 5.26 Å². The minimum absolute atomic E-state index is 0.261. The molecule has 2 rings (SSSR count). The van der Waals surface area contributed by atoms with Gasteiger partial charge in [-0.15, -0.1) is 11.8 Å². The predicted molar refractivity (Wildman–Crippen MR) is 64.5 cm³/mol. The third kappa shape index (κ3) is 2.65. The van der Waals surface area contributed by atoms with Gasteiger partial charge in [-0.05, 0) is 30.4 Å². The van der Waals surface area contributed by atoms with Crippen molar-refractivity contribution in [2.45, 2.75) is 24.2 Å². The van der Waals surface area contributed by atoms with Crippen LogP contribution in [0.4, 0.5) is 0 Å². The van der Waals surface area contributed by atoms with Crippen molar-refractivity contribution in [3.05, 3.63) is 29.8 Å². The number of rotatable bonds is 5. The Bertz CT molecular complexity index is 432. The van der Waals surface area contributed by atoms with Crippen molar-refractivity contribution in [2.75, 3.05) is 5.75 Å². The van der Waals surface area contributed by atoms with Gasteiger partial charge in [0.1, 0.15) is 6.29 Å². The summed E-state index contributed by atoms with van der Waals surface area (Å²) in [7, 11) is 0. The topological polar surface area (TPSA) is 40.9 Å². The van der Waals surface area contributed by atoms with E-state index in [1.807, 2.05) is 18.2 Å². The van der Waals surface area contributed by atoms with Crippen molar-refractivity contribution in [1.82, 2.24) is 0 Å². The van der Waals surface area contributed by atoms with E-state index >= 15 is 0 Å². The fraction of sp³-hybridized carbons (Fsp3) is 0.385. The van der Waals surface area contributed by atoms with Crippen LogP contribution in [0, 0.1) is 16.7 Å². The van der Waals surface area contributed by atoms with E-state index in [9.17, 15) is 4.79 Å². The zero-order valence-corrected chi connectivity index (χ0v) is 9.80. The van der Waals surface area contributed by atoms with Crippen molar-refractivity contribution in [3.63, 3.8) is 0 Å². The first-order chi connectivity index (χ1) is 7.78. The second-order valence-electron chi connectivity index (χ2n) is 4.31. The van der Waals surface area contributed by atoms with Gasteiger partial charge >= 0.3 is 0 Å². The van der Waals surface area contributed by atoms with Crippen molar-refractivity contribution in [3.8, 4) is 6.07 Å². The van der Waals surface area contributed by atoms with Crippen LogP contribution in [0.15, 0.2) is 29.2 Å². The number of carbonyl (C=O) groups excluding carboxylic acids is 1. The first-order valence-electron chi connectivity index (χ1n) is 5.33. The van der Waals surface area contributed by atoms with Crippen molar-refractivity contribution in [2.24, 2.45) is 5.41 Å². The Hall–Kier alpha value is -1.27. The lowest BCUT2D eigenvalue weighted by Crippen LogP contribution is -2.02. The molecule has 1 aromatic carbocycles. The third-order valence-corrected chi connectivity index (χ3v) is 4.29. The molecule has 1 aromatic rings. The lowest BCUT2D eigenvalue weighted by molar-refractivity contribution is 0.112. The molecule has 1 fully saturated rings. The van der Waals surface area contributed by atoms with E-state index in [0.717, 1.165) is 22.5 Å². The predicted octanol–water partition coefficient (Wildman–Crippen LogP) is 3.29. The van der Waals surface area contributed by atoms with Gasteiger partial charge in [-0.3, -0.25) is 4.79 Å². The molecule has 0 atom stereocenters. The highest BCUT2D eigenvalue weighted by Crippen LogP contribution is 2.51. The van der Waals surface area contributed by atoms with Crippen LogP contribution < -0.4 is 0 Å². The second-order valence-corrected chi connectivity index (χ2v) is 5.36. The van der Waals surface area contributed by atoms with Crippen molar-refractivity contribution < 1.29 is 4.79 Å². The van der Waals surface area contributed by atoms with Crippen LogP contribution in [-0.4, -0.2) is 12.0 Å². The maximum atomic E-state index is 10.6. The summed E-state index contributed by atoms with van der Waals surface area (Å²) in [6.45, 7) is 0. The normalized spacial score (nSPS) is 16.4. The van der Waals surface area contributed by atoms with E-state index in [-0.39, 0.29) is 5.41 Å². The van der Waals surface area contributed by atoms with E-state index in [0.29, 0.717) is 6.42 Å². The van der Waals surface area contributed by atoms with Gasteiger partial charge in [0.05, 0.1) is 6.07 Å². The Morgan fingerprint density at radius 1 is 1.50 bits per heavy atom. The quantitative estimate of drug-likeness (QED) is 0.576. The molecule has 0 bridgehead atoms. The van der Waals surface area contributed by atoms with E-state index in [1.165, 1.54) is 12.8 Å². The van der Waals surface area contributed by atoms with Gasteiger partial charge in [0.15, 0.2) is 0 Å². The summed E-state index contributed by atoms with van der Waals surface area (Å²) in [5.41, 5.74) is 0.978. The van der Waals surface area contributed by atoms with Crippen LogP contribution >= 0.6 is 11.8 Å². The molecule has 0 N–H and O–H groups in total. The SMILES string of the molecule is N#CCC1(CSc2cccc(C=O)c2)CC1.